The Morgan fingerprint density at radius 2 is 1.21 bits per heavy atom. The molecule has 0 saturated carbocycles. The van der Waals surface area contributed by atoms with Crippen LogP contribution in [0.4, 0.5) is 4.39 Å². The van der Waals surface area contributed by atoms with E-state index in [4.69, 9.17) is 0 Å². The number of hydrogen-bond acceptors (Lipinski definition) is 0. The molecule has 0 fully saturated rings. The van der Waals surface area contributed by atoms with Crippen LogP contribution in [0.2, 0.25) is 0 Å². The van der Waals surface area contributed by atoms with Gasteiger partial charge in [-0.15, -0.1) is 0 Å². The largest absolute Gasteiger partial charge is 0.206 e. The molecule has 0 nitrogen and oxygen atoms in total. The van der Waals surface area contributed by atoms with Crippen molar-refractivity contribution in [2.75, 3.05) is 0 Å². The van der Waals surface area contributed by atoms with E-state index in [0.717, 1.165) is 26.9 Å². The summed E-state index contributed by atoms with van der Waals surface area (Å²) >= 11 is 0. The van der Waals surface area contributed by atoms with Crippen LogP contribution in [0.3, 0.4) is 0 Å². The second-order valence-corrected chi connectivity index (χ2v) is 4.79. The van der Waals surface area contributed by atoms with Gasteiger partial charge in [-0.2, -0.15) is 0 Å². The van der Waals surface area contributed by atoms with Crippen LogP contribution in [-0.2, 0) is 0 Å². The molecule has 0 aliphatic carbocycles. The molecule has 0 aliphatic heterocycles. The fourth-order valence-electron chi connectivity index (χ4n) is 2.83. The Balaban J connectivity index is 2.40. The SMILES string of the molecule is Fc1cc2ccccc2c2c1ccc1ccccc12. The highest BCUT2D eigenvalue weighted by atomic mass is 19.1. The van der Waals surface area contributed by atoms with E-state index in [1.807, 2.05) is 42.5 Å². The lowest BCUT2D eigenvalue weighted by Gasteiger charge is -2.08. The third kappa shape index (κ3) is 1.45. The maximum absolute atomic E-state index is 14.2. The van der Waals surface area contributed by atoms with Crippen LogP contribution in [0.15, 0.2) is 66.7 Å². The van der Waals surface area contributed by atoms with E-state index in [1.165, 1.54) is 0 Å². The fourth-order valence-corrected chi connectivity index (χ4v) is 2.83. The van der Waals surface area contributed by atoms with Gasteiger partial charge < -0.3 is 0 Å². The van der Waals surface area contributed by atoms with Crippen molar-refractivity contribution in [2.24, 2.45) is 0 Å². The van der Waals surface area contributed by atoms with Crippen LogP contribution in [0.5, 0.6) is 0 Å². The molecule has 4 rings (SSSR count). The number of benzene rings is 4. The van der Waals surface area contributed by atoms with Gasteiger partial charge in [0, 0.05) is 10.8 Å². The minimum atomic E-state index is -0.153. The van der Waals surface area contributed by atoms with Crippen LogP contribution in [0, 0.1) is 5.82 Å². The van der Waals surface area contributed by atoms with Gasteiger partial charge in [0.15, 0.2) is 0 Å². The van der Waals surface area contributed by atoms with Gasteiger partial charge in [0.25, 0.3) is 0 Å². The number of halogens is 1. The molecule has 0 radical (unpaired) electrons. The third-order valence-electron chi connectivity index (χ3n) is 3.70. The maximum Gasteiger partial charge on any atom is 0.131 e. The van der Waals surface area contributed by atoms with E-state index in [1.54, 1.807) is 6.07 Å². The van der Waals surface area contributed by atoms with Crippen LogP contribution < -0.4 is 0 Å². The summed E-state index contributed by atoms with van der Waals surface area (Å²) < 4.78 is 14.2. The molecule has 0 amide bonds. The Kier molecular flexibility index (Phi) is 2.10. The summed E-state index contributed by atoms with van der Waals surface area (Å²) in [6, 6.07) is 21.6. The minimum absolute atomic E-state index is 0.153. The second kappa shape index (κ2) is 3.79. The molecule has 1 heteroatoms. The van der Waals surface area contributed by atoms with E-state index in [2.05, 4.69) is 18.2 Å². The maximum atomic E-state index is 14.2. The lowest BCUT2D eigenvalue weighted by atomic mass is 9.96. The molecule has 19 heavy (non-hydrogen) atoms. The molecule has 0 N–H and O–H groups in total. The van der Waals surface area contributed by atoms with Crippen molar-refractivity contribution < 1.29 is 4.39 Å². The summed E-state index contributed by atoms with van der Waals surface area (Å²) in [4.78, 5) is 0. The van der Waals surface area contributed by atoms with Gasteiger partial charge in [0.2, 0.25) is 0 Å². The van der Waals surface area contributed by atoms with Crippen molar-refractivity contribution in [1.29, 1.82) is 0 Å². The van der Waals surface area contributed by atoms with Gasteiger partial charge in [0.05, 0.1) is 0 Å². The van der Waals surface area contributed by atoms with Crippen molar-refractivity contribution in [2.45, 2.75) is 0 Å². The minimum Gasteiger partial charge on any atom is -0.206 e. The van der Waals surface area contributed by atoms with Crippen molar-refractivity contribution >= 4 is 32.3 Å². The zero-order chi connectivity index (χ0) is 12.8. The Morgan fingerprint density at radius 3 is 2.00 bits per heavy atom. The highest BCUT2D eigenvalue weighted by molar-refractivity contribution is 6.20. The molecule has 0 saturated heterocycles. The summed E-state index contributed by atoms with van der Waals surface area (Å²) in [5.74, 6) is -0.153. The van der Waals surface area contributed by atoms with E-state index in [9.17, 15) is 4.39 Å². The molecule has 0 heterocycles. The highest BCUT2D eigenvalue weighted by Crippen LogP contribution is 2.33. The molecule has 90 valence electrons. The molecular formula is C18H11F. The van der Waals surface area contributed by atoms with Crippen LogP contribution in [0.25, 0.3) is 32.3 Å². The summed E-state index contributed by atoms with van der Waals surface area (Å²) in [6.45, 7) is 0. The quantitative estimate of drug-likeness (QED) is 0.370. The summed E-state index contributed by atoms with van der Waals surface area (Å²) in [5.41, 5.74) is 0. The van der Waals surface area contributed by atoms with E-state index >= 15 is 0 Å². The van der Waals surface area contributed by atoms with Gasteiger partial charge in [-0.3, -0.25) is 0 Å². The zero-order valence-corrected chi connectivity index (χ0v) is 10.2. The molecule has 0 spiro atoms. The Morgan fingerprint density at radius 1 is 0.579 bits per heavy atom. The molecule has 0 aromatic heterocycles. The molecule has 0 atom stereocenters. The van der Waals surface area contributed by atoms with Crippen molar-refractivity contribution in [3.05, 3.63) is 72.5 Å². The lowest BCUT2D eigenvalue weighted by molar-refractivity contribution is 0.641. The van der Waals surface area contributed by atoms with Gasteiger partial charge in [-0.05, 0) is 27.6 Å². The monoisotopic (exact) mass is 246 g/mol. The highest BCUT2D eigenvalue weighted by Gasteiger charge is 2.08. The second-order valence-electron chi connectivity index (χ2n) is 4.79. The smallest absolute Gasteiger partial charge is 0.131 e. The molecule has 4 aromatic carbocycles. The third-order valence-corrected chi connectivity index (χ3v) is 3.70. The number of fused-ring (bicyclic) bond motifs is 5. The van der Waals surface area contributed by atoms with Crippen LogP contribution in [0.1, 0.15) is 0 Å². The normalized spacial score (nSPS) is 11.4. The average Bonchev–Trinajstić information content (AvgIpc) is 2.47. The average molecular weight is 246 g/mol. The number of hydrogen-bond donors (Lipinski definition) is 0. The first-order valence-electron chi connectivity index (χ1n) is 6.33. The summed E-state index contributed by atoms with van der Waals surface area (Å²) in [7, 11) is 0. The zero-order valence-electron chi connectivity index (χ0n) is 10.2. The van der Waals surface area contributed by atoms with Crippen LogP contribution in [-0.4, -0.2) is 0 Å². The summed E-state index contributed by atoms with van der Waals surface area (Å²) in [5, 5.41) is 6.01. The fraction of sp³-hybridized carbons (Fsp3) is 0. The first kappa shape index (κ1) is 10.5. The summed E-state index contributed by atoms with van der Waals surface area (Å²) in [6.07, 6.45) is 0. The van der Waals surface area contributed by atoms with E-state index in [0.29, 0.717) is 5.39 Å². The predicted molar refractivity (Wildman–Crippen MR) is 78.9 cm³/mol. The predicted octanol–water partition coefficient (Wildman–Crippen LogP) is 5.29. The van der Waals surface area contributed by atoms with Crippen LogP contribution >= 0.6 is 0 Å². The van der Waals surface area contributed by atoms with Crippen molar-refractivity contribution in [3.63, 3.8) is 0 Å². The number of rotatable bonds is 0. The Labute approximate surface area is 110 Å². The molecule has 0 bridgehead atoms. The Bertz CT molecular complexity index is 907. The van der Waals surface area contributed by atoms with E-state index < -0.39 is 0 Å². The molecule has 0 aliphatic rings. The first-order valence-corrected chi connectivity index (χ1v) is 6.33. The van der Waals surface area contributed by atoms with Gasteiger partial charge in [-0.1, -0.05) is 60.7 Å². The van der Waals surface area contributed by atoms with Crippen molar-refractivity contribution in [3.8, 4) is 0 Å². The molecule has 4 aromatic rings. The first-order chi connectivity index (χ1) is 9.34. The van der Waals surface area contributed by atoms with Gasteiger partial charge in [0.1, 0.15) is 5.82 Å². The van der Waals surface area contributed by atoms with E-state index in [-0.39, 0.29) is 5.82 Å². The Hall–Kier alpha value is -2.41. The topological polar surface area (TPSA) is 0 Å². The van der Waals surface area contributed by atoms with Gasteiger partial charge >= 0.3 is 0 Å². The molecular weight excluding hydrogens is 235 g/mol. The standard InChI is InChI=1S/C18H11F/c19-17-11-13-6-2-4-8-15(13)18-14-7-3-1-5-12(14)9-10-16(17)18/h1-11H. The van der Waals surface area contributed by atoms with Gasteiger partial charge in [-0.25, -0.2) is 4.39 Å². The molecule has 0 unspecified atom stereocenters. The van der Waals surface area contributed by atoms with Crippen molar-refractivity contribution in [1.82, 2.24) is 0 Å². The lowest BCUT2D eigenvalue weighted by Crippen LogP contribution is -1.85.